The van der Waals surface area contributed by atoms with Gasteiger partial charge >= 0.3 is 0 Å². The van der Waals surface area contributed by atoms with E-state index in [1.54, 1.807) is 25.1 Å². The summed E-state index contributed by atoms with van der Waals surface area (Å²) in [5.41, 5.74) is 0.386. The normalized spacial score (nSPS) is 21.2. The van der Waals surface area contributed by atoms with E-state index in [2.05, 4.69) is 0 Å². The van der Waals surface area contributed by atoms with Crippen LogP contribution in [0.2, 0.25) is 0 Å². The van der Waals surface area contributed by atoms with E-state index >= 15 is 0 Å². The van der Waals surface area contributed by atoms with E-state index in [9.17, 15) is 18.3 Å². The van der Waals surface area contributed by atoms with Crippen molar-refractivity contribution in [1.82, 2.24) is 0 Å². The number of carbonyl (C=O) groups is 1. The van der Waals surface area contributed by atoms with Crippen molar-refractivity contribution in [3.05, 3.63) is 24.3 Å². The van der Waals surface area contributed by atoms with Crippen LogP contribution in [0.15, 0.2) is 24.3 Å². The maximum atomic E-state index is 12.1. The highest BCUT2D eigenvalue weighted by Crippen LogP contribution is 2.31. The lowest BCUT2D eigenvalue weighted by Gasteiger charge is -2.28. The number of hydrogen-bond donors (Lipinski definition) is 1. The molecule has 104 valence electrons. The van der Waals surface area contributed by atoms with Gasteiger partial charge in [0.15, 0.2) is 9.84 Å². The molecule has 1 aromatic carbocycles. The molecule has 5 nitrogen and oxygen atoms in total. The summed E-state index contributed by atoms with van der Waals surface area (Å²) < 4.78 is 23.1. The minimum absolute atomic E-state index is 0.00593. The summed E-state index contributed by atoms with van der Waals surface area (Å²) in [5, 5.41) is 9.87. The van der Waals surface area contributed by atoms with Gasteiger partial charge in [-0.2, -0.15) is 0 Å². The molecule has 1 heterocycles. The third-order valence-electron chi connectivity index (χ3n) is 3.29. The lowest BCUT2D eigenvalue weighted by atomic mass is 10.1. The molecule has 1 N–H and O–H groups in total. The Morgan fingerprint density at radius 1 is 1.42 bits per heavy atom. The fraction of sp³-hybridized carbons (Fsp3) is 0.462. The number of sulfone groups is 1. The van der Waals surface area contributed by atoms with Gasteiger partial charge < -0.3 is 10.0 Å². The van der Waals surface area contributed by atoms with Crippen molar-refractivity contribution in [3.63, 3.8) is 0 Å². The Bertz CT molecular complexity index is 582. The third-order valence-corrected chi connectivity index (χ3v) is 5.04. The molecule has 1 saturated heterocycles. The zero-order valence-electron chi connectivity index (χ0n) is 10.7. The van der Waals surface area contributed by atoms with Gasteiger partial charge in [0.1, 0.15) is 5.75 Å². The average molecular weight is 283 g/mol. The maximum absolute atomic E-state index is 12.1. The summed E-state index contributed by atoms with van der Waals surface area (Å²) in [7, 11) is -3.08. The van der Waals surface area contributed by atoms with Crippen molar-refractivity contribution in [2.24, 2.45) is 0 Å². The number of benzene rings is 1. The van der Waals surface area contributed by atoms with Gasteiger partial charge in [-0.15, -0.1) is 0 Å². The molecule has 0 spiro atoms. The number of nitrogens with zero attached hydrogens (tertiary/aromatic N) is 1. The van der Waals surface area contributed by atoms with Crippen molar-refractivity contribution in [2.45, 2.75) is 25.8 Å². The van der Waals surface area contributed by atoms with Crippen LogP contribution in [0, 0.1) is 0 Å². The van der Waals surface area contributed by atoms with Gasteiger partial charge in [0.25, 0.3) is 0 Å². The smallest absolute Gasteiger partial charge is 0.227 e. The Morgan fingerprint density at radius 2 is 2.11 bits per heavy atom. The van der Waals surface area contributed by atoms with Crippen molar-refractivity contribution < 1.29 is 18.3 Å². The van der Waals surface area contributed by atoms with E-state index in [1.165, 1.54) is 11.0 Å². The van der Waals surface area contributed by atoms with E-state index in [4.69, 9.17) is 0 Å². The van der Waals surface area contributed by atoms with E-state index < -0.39 is 9.84 Å². The Labute approximate surface area is 112 Å². The Balaban J connectivity index is 2.38. The summed E-state index contributed by atoms with van der Waals surface area (Å²) in [6.07, 6.45) is 0.688. The molecule has 1 aliphatic rings. The first-order valence-corrected chi connectivity index (χ1v) is 8.07. The SMILES string of the molecule is CCC(=O)N(c1ccccc1O)[C@H]1CCS(=O)(=O)C1. The van der Waals surface area contributed by atoms with Crippen LogP contribution in [0.4, 0.5) is 5.69 Å². The second-order valence-corrected chi connectivity index (χ2v) is 6.89. The maximum Gasteiger partial charge on any atom is 0.227 e. The van der Waals surface area contributed by atoms with Gasteiger partial charge in [0.2, 0.25) is 5.91 Å². The first kappa shape index (κ1) is 13.9. The lowest BCUT2D eigenvalue weighted by Crippen LogP contribution is -2.41. The molecule has 6 heteroatoms. The van der Waals surface area contributed by atoms with Crippen LogP contribution in [0.25, 0.3) is 0 Å². The van der Waals surface area contributed by atoms with Crippen molar-refractivity contribution in [1.29, 1.82) is 0 Å². The number of anilines is 1. The van der Waals surface area contributed by atoms with Gasteiger partial charge in [-0.1, -0.05) is 19.1 Å². The lowest BCUT2D eigenvalue weighted by molar-refractivity contribution is -0.118. The fourth-order valence-electron chi connectivity index (χ4n) is 2.35. The van der Waals surface area contributed by atoms with Gasteiger partial charge in [-0.05, 0) is 18.6 Å². The highest BCUT2D eigenvalue weighted by Gasteiger charge is 2.35. The zero-order valence-corrected chi connectivity index (χ0v) is 11.6. The largest absolute Gasteiger partial charge is 0.506 e. The minimum Gasteiger partial charge on any atom is -0.506 e. The number of hydrogen-bond acceptors (Lipinski definition) is 4. The van der Waals surface area contributed by atoms with Crippen molar-refractivity contribution >= 4 is 21.4 Å². The average Bonchev–Trinajstić information content (AvgIpc) is 2.72. The third kappa shape index (κ3) is 2.89. The molecule has 2 rings (SSSR count). The van der Waals surface area contributed by atoms with Crippen LogP contribution < -0.4 is 4.90 Å². The predicted octanol–water partition coefficient (Wildman–Crippen LogP) is 1.32. The quantitative estimate of drug-likeness (QED) is 0.908. The van der Waals surface area contributed by atoms with Crippen LogP contribution in [0.5, 0.6) is 5.75 Å². The van der Waals surface area contributed by atoms with Gasteiger partial charge in [0.05, 0.1) is 23.2 Å². The molecule has 0 saturated carbocycles. The van der Waals surface area contributed by atoms with Gasteiger partial charge in [-0.25, -0.2) is 8.42 Å². The minimum atomic E-state index is -3.08. The number of phenols is 1. The topological polar surface area (TPSA) is 74.7 Å². The molecule has 1 amide bonds. The molecule has 1 aromatic rings. The molecule has 1 atom stereocenters. The molecule has 1 aliphatic heterocycles. The molecule has 19 heavy (non-hydrogen) atoms. The molecule has 0 aromatic heterocycles. The number of amides is 1. The highest BCUT2D eigenvalue weighted by molar-refractivity contribution is 7.91. The van der Waals surface area contributed by atoms with Crippen molar-refractivity contribution in [2.75, 3.05) is 16.4 Å². The summed E-state index contributed by atoms with van der Waals surface area (Å²) in [6.45, 7) is 1.72. The molecule has 0 unspecified atom stereocenters. The first-order chi connectivity index (χ1) is 8.94. The zero-order chi connectivity index (χ0) is 14.0. The highest BCUT2D eigenvalue weighted by atomic mass is 32.2. The second-order valence-electron chi connectivity index (χ2n) is 4.66. The predicted molar refractivity (Wildman–Crippen MR) is 72.9 cm³/mol. The molecular weight excluding hydrogens is 266 g/mol. The van der Waals surface area contributed by atoms with Crippen molar-refractivity contribution in [3.8, 4) is 5.75 Å². The van der Waals surface area contributed by atoms with E-state index in [1.807, 2.05) is 0 Å². The Hall–Kier alpha value is -1.56. The molecular formula is C13H17NO4S. The van der Waals surface area contributed by atoms with E-state index in [0.717, 1.165) is 0 Å². The van der Waals surface area contributed by atoms with Gasteiger partial charge in [-0.3, -0.25) is 4.79 Å². The number of rotatable bonds is 3. The van der Waals surface area contributed by atoms with Crippen LogP contribution in [0.3, 0.4) is 0 Å². The number of para-hydroxylation sites is 2. The first-order valence-electron chi connectivity index (χ1n) is 6.25. The van der Waals surface area contributed by atoms with Gasteiger partial charge in [0, 0.05) is 6.42 Å². The summed E-state index contributed by atoms with van der Waals surface area (Å²) in [6, 6.07) is 6.13. The second kappa shape index (κ2) is 5.21. The Morgan fingerprint density at radius 3 is 2.63 bits per heavy atom. The number of carbonyl (C=O) groups excluding carboxylic acids is 1. The summed E-state index contributed by atoms with van der Waals surface area (Å²) >= 11 is 0. The monoisotopic (exact) mass is 283 g/mol. The molecule has 1 fully saturated rings. The Kier molecular flexibility index (Phi) is 3.80. The molecule has 0 radical (unpaired) electrons. The number of phenolic OH excluding ortho intramolecular Hbond substituents is 1. The van der Waals surface area contributed by atoms with E-state index in [0.29, 0.717) is 12.1 Å². The number of aromatic hydroxyl groups is 1. The molecule has 0 aliphatic carbocycles. The molecule has 0 bridgehead atoms. The summed E-state index contributed by atoms with van der Waals surface area (Å²) in [5.74, 6) is -0.122. The summed E-state index contributed by atoms with van der Waals surface area (Å²) in [4.78, 5) is 13.5. The van der Waals surface area contributed by atoms with Crippen LogP contribution in [0.1, 0.15) is 19.8 Å². The fourth-order valence-corrected chi connectivity index (χ4v) is 4.05. The van der Waals surface area contributed by atoms with Crippen LogP contribution in [-0.2, 0) is 14.6 Å². The van der Waals surface area contributed by atoms with Crippen LogP contribution in [-0.4, -0.2) is 37.0 Å². The standard InChI is InChI=1S/C13H17NO4S/c1-2-13(16)14(10-7-8-19(17,18)9-10)11-5-3-4-6-12(11)15/h3-6,10,15H,2,7-9H2,1H3/t10-/m0/s1. The van der Waals surface area contributed by atoms with E-state index in [-0.39, 0.29) is 35.6 Å². The van der Waals surface area contributed by atoms with Crippen LogP contribution >= 0.6 is 0 Å².